The highest BCUT2D eigenvalue weighted by Crippen LogP contribution is 2.23. The molecule has 18 heavy (non-hydrogen) atoms. The van der Waals surface area contributed by atoms with Crippen LogP contribution in [-0.4, -0.2) is 41.9 Å². The summed E-state index contributed by atoms with van der Waals surface area (Å²) in [5.74, 6) is 0. The van der Waals surface area contributed by atoms with Crippen LogP contribution in [0.3, 0.4) is 0 Å². The lowest BCUT2D eigenvalue weighted by Crippen LogP contribution is -2.47. The van der Waals surface area contributed by atoms with Crippen molar-refractivity contribution in [3.05, 3.63) is 33.8 Å². The van der Waals surface area contributed by atoms with Gasteiger partial charge in [0, 0.05) is 29.7 Å². The molecule has 1 saturated heterocycles. The maximum absolute atomic E-state index is 9.19. The van der Waals surface area contributed by atoms with Crippen LogP contribution in [-0.2, 0) is 11.3 Å². The summed E-state index contributed by atoms with van der Waals surface area (Å²) in [4.78, 5) is 2.24. The Balaban J connectivity index is 2.04. The monoisotopic (exact) mass is 289 g/mol. The summed E-state index contributed by atoms with van der Waals surface area (Å²) in [6.07, 6.45) is 0.0156. The molecule has 1 fully saturated rings. The van der Waals surface area contributed by atoms with Crippen molar-refractivity contribution in [2.24, 2.45) is 0 Å². The van der Waals surface area contributed by atoms with Crippen molar-refractivity contribution in [1.29, 1.82) is 0 Å². The second-order valence-electron chi connectivity index (χ2n) is 4.68. The molecule has 0 bridgehead atoms. The van der Waals surface area contributed by atoms with E-state index in [1.807, 2.05) is 19.1 Å². The number of hydrogen-bond donors (Lipinski definition) is 1. The van der Waals surface area contributed by atoms with Gasteiger partial charge < -0.3 is 9.84 Å². The Labute approximate surface area is 117 Å². The topological polar surface area (TPSA) is 32.7 Å². The van der Waals surface area contributed by atoms with Crippen molar-refractivity contribution >= 4 is 23.2 Å². The summed E-state index contributed by atoms with van der Waals surface area (Å²) in [6, 6.07) is 5.54. The van der Waals surface area contributed by atoms with Crippen molar-refractivity contribution in [2.75, 3.05) is 19.7 Å². The number of aliphatic hydroxyl groups is 1. The minimum absolute atomic E-state index is 0.0508. The molecule has 1 aromatic carbocycles. The second kappa shape index (κ2) is 6.22. The van der Waals surface area contributed by atoms with E-state index in [-0.39, 0.29) is 18.8 Å². The molecule has 2 atom stereocenters. The molecule has 1 aliphatic heterocycles. The van der Waals surface area contributed by atoms with Crippen molar-refractivity contribution in [3.63, 3.8) is 0 Å². The number of hydrogen-bond acceptors (Lipinski definition) is 3. The normalized spacial score (nSPS) is 25.3. The van der Waals surface area contributed by atoms with E-state index < -0.39 is 0 Å². The fourth-order valence-electron chi connectivity index (χ4n) is 2.26. The van der Waals surface area contributed by atoms with Crippen LogP contribution in [0.25, 0.3) is 0 Å². The van der Waals surface area contributed by atoms with Crippen LogP contribution in [0.5, 0.6) is 0 Å². The van der Waals surface area contributed by atoms with Gasteiger partial charge in [-0.1, -0.05) is 29.3 Å². The number of rotatable bonds is 3. The Morgan fingerprint density at radius 2 is 2.17 bits per heavy atom. The number of morpholine rings is 1. The van der Waals surface area contributed by atoms with Gasteiger partial charge in [0.15, 0.2) is 0 Å². The molecule has 0 aromatic heterocycles. The van der Waals surface area contributed by atoms with E-state index in [0.29, 0.717) is 10.0 Å². The van der Waals surface area contributed by atoms with E-state index in [9.17, 15) is 5.11 Å². The highest BCUT2D eigenvalue weighted by molar-refractivity contribution is 6.35. The van der Waals surface area contributed by atoms with Crippen LogP contribution >= 0.6 is 23.2 Å². The molecule has 0 saturated carbocycles. The lowest BCUT2D eigenvalue weighted by molar-refractivity contribution is -0.0972. The van der Waals surface area contributed by atoms with Gasteiger partial charge in [-0.25, -0.2) is 0 Å². The van der Waals surface area contributed by atoms with Crippen molar-refractivity contribution in [1.82, 2.24) is 4.90 Å². The van der Waals surface area contributed by atoms with Gasteiger partial charge in [0.25, 0.3) is 0 Å². The third-order valence-electron chi connectivity index (χ3n) is 3.01. The molecule has 5 heteroatoms. The molecule has 1 N–H and O–H groups in total. The Hall–Kier alpha value is -0.320. The van der Waals surface area contributed by atoms with Crippen LogP contribution in [0.1, 0.15) is 12.5 Å². The molecule has 3 nitrogen and oxygen atoms in total. The fraction of sp³-hybridized carbons (Fsp3) is 0.538. The summed E-state index contributed by atoms with van der Waals surface area (Å²) in [7, 11) is 0. The number of benzene rings is 1. The van der Waals surface area contributed by atoms with Gasteiger partial charge >= 0.3 is 0 Å². The van der Waals surface area contributed by atoms with E-state index in [1.165, 1.54) is 0 Å². The molecule has 1 heterocycles. The minimum Gasteiger partial charge on any atom is -0.394 e. The van der Waals surface area contributed by atoms with Gasteiger partial charge in [0.2, 0.25) is 0 Å². The van der Waals surface area contributed by atoms with Crippen LogP contribution < -0.4 is 0 Å². The summed E-state index contributed by atoms with van der Waals surface area (Å²) in [5.41, 5.74) is 1.05. The second-order valence-corrected chi connectivity index (χ2v) is 5.52. The number of nitrogens with zero attached hydrogens (tertiary/aromatic N) is 1. The van der Waals surface area contributed by atoms with Gasteiger partial charge in [-0.3, -0.25) is 4.90 Å². The molecule has 0 radical (unpaired) electrons. The molecular weight excluding hydrogens is 273 g/mol. The standard InChI is InChI=1S/C13H17Cl2NO2/c1-9-5-16(7-12(8-17)18-9)6-10-2-3-11(14)4-13(10)15/h2-4,9,12,17H,5-8H2,1H3. The van der Waals surface area contributed by atoms with Gasteiger partial charge in [-0.15, -0.1) is 0 Å². The first-order valence-corrected chi connectivity index (χ1v) is 6.76. The maximum atomic E-state index is 9.19. The Kier molecular flexibility index (Phi) is 4.87. The van der Waals surface area contributed by atoms with E-state index in [2.05, 4.69) is 4.90 Å². The third-order valence-corrected chi connectivity index (χ3v) is 3.60. The Morgan fingerprint density at radius 1 is 1.39 bits per heavy atom. The van der Waals surface area contributed by atoms with E-state index in [1.54, 1.807) is 6.07 Å². The van der Waals surface area contributed by atoms with Crippen molar-refractivity contribution in [3.8, 4) is 0 Å². The molecule has 1 aromatic rings. The van der Waals surface area contributed by atoms with Gasteiger partial charge in [0.05, 0.1) is 18.8 Å². The van der Waals surface area contributed by atoms with E-state index in [4.69, 9.17) is 27.9 Å². The van der Waals surface area contributed by atoms with Crippen LogP contribution in [0, 0.1) is 0 Å². The van der Waals surface area contributed by atoms with Crippen LogP contribution in [0.2, 0.25) is 10.0 Å². The average molecular weight is 290 g/mol. The fourth-order valence-corrected chi connectivity index (χ4v) is 2.73. The van der Waals surface area contributed by atoms with Gasteiger partial charge in [-0.05, 0) is 24.6 Å². The van der Waals surface area contributed by atoms with E-state index in [0.717, 1.165) is 25.2 Å². The molecule has 0 aliphatic carbocycles. The van der Waals surface area contributed by atoms with Crippen LogP contribution in [0.15, 0.2) is 18.2 Å². The highest BCUT2D eigenvalue weighted by atomic mass is 35.5. The first-order valence-electron chi connectivity index (χ1n) is 6.01. The first kappa shape index (κ1) is 14.1. The molecule has 1 aliphatic rings. The molecule has 0 spiro atoms. The van der Waals surface area contributed by atoms with Gasteiger partial charge in [-0.2, -0.15) is 0 Å². The Morgan fingerprint density at radius 3 is 2.83 bits per heavy atom. The zero-order chi connectivity index (χ0) is 13.1. The van der Waals surface area contributed by atoms with Crippen molar-refractivity contribution in [2.45, 2.75) is 25.7 Å². The lowest BCUT2D eigenvalue weighted by Gasteiger charge is -2.36. The summed E-state index contributed by atoms with van der Waals surface area (Å²) in [6.45, 7) is 4.38. The summed E-state index contributed by atoms with van der Waals surface area (Å²) in [5, 5.41) is 10.5. The molecule has 2 unspecified atom stereocenters. The predicted molar refractivity (Wildman–Crippen MR) is 73.2 cm³/mol. The smallest absolute Gasteiger partial charge is 0.0936 e. The molecule has 100 valence electrons. The zero-order valence-corrected chi connectivity index (χ0v) is 11.8. The minimum atomic E-state index is -0.111. The van der Waals surface area contributed by atoms with Crippen molar-refractivity contribution < 1.29 is 9.84 Å². The first-order chi connectivity index (χ1) is 8.58. The number of ether oxygens (including phenoxy) is 1. The molecule has 2 rings (SSSR count). The largest absolute Gasteiger partial charge is 0.394 e. The summed E-state index contributed by atoms with van der Waals surface area (Å²) < 4.78 is 5.61. The molecular formula is C13H17Cl2NO2. The number of aliphatic hydroxyl groups excluding tert-OH is 1. The summed E-state index contributed by atoms with van der Waals surface area (Å²) >= 11 is 12.0. The van der Waals surface area contributed by atoms with Gasteiger partial charge in [0.1, 0.15) is 0 Å². The lowest BCUT2D eigenvalue weighted by atomic mass is 10.1. The number of halogens is 2. The highest BCUT2D eigenvalue weighted by Gasteiger charge is 2.24. The average Bonchev–Trinajstić information content (AvgIpc) is 2.32. The SMILES string of the molecule is CC1CN(Cc2ccc(Cl)cc2Cl)CC(CO)O1. The molecule has 0 amide bonds. The van der Waals surface area contributed by atoms with E-state index >= 15 is 0 Å². The Bertz CT molecular complexity index is 414. The third kappa shape index (κ3) is 3.59. The predicted octanol–water partition coefficient (Wildman–Crippen LogP) is 2.58. The van der Waals surface area contributed by atoms with Crippen LogP contribution in [0.4, 0.5) is 0 Å². The zero-order valence-electron chi connectivity index (χ0n) is 10.3. The quantitative estimate of drug-likeness (QED) is 0.928. The maximum Gasteiger partial charge on any atom is 0.0936 e.